The quantitative estimate of drug-likeness (QED) is 0.397. The molecule has 0 spiro atoms. The second-order valence-electron chi connectivity index (χ2n) is 7.36. The molecule has 0 unspecified atom stereocenters. The number of hydrogen-bond donors (Lipinski definition) is 2. The number of carbonyl (C=O) groups excluding carboxylic acids is 1. The number of nitrogens with zero attached hydrogens (tertiary/aromatic N) is 2. The zero-order chi connectivity index (χ0) is 23.2. The number of carbonyl (C=O) groups is 1. The van der Waals surface area contributed by atoms with Crippen molar-refractivity contribution in [2.24, 2.45) is 0 Å². The van der Waals surface area contributed by atoms with E-state index in [1.807, 2.05) is 67.6 Å². The highest BCUT2D eigenvalue weighted by atomic mass is 16.5. The van der Waals surface area contributed by atoms with Gasteiger partial charge in [0.1, 0.15) is 0 Å². The maximum atomic E-state index is 12.5. The van der Waals surface area contributed by atoms with Gasteiger partial charge >= 0.3 is 0 Å². The molecule has 0 saturated heterocycles. The predicted molar refractivity (Wildman–Crippen MR) is 129 cm³/mol. The lowest BCUT2D eigenvalue weighted by molar-refractivity contribution is 0.102. The van der Waals surface area contributed by atoms with E-state index in [4.69, 9.17) is 9.47 Å². The maximum Gasteiger partial charge on any atom is 0.255 e. The monoisotopic (exact) mass is 440 g/mol. The van der Waals surface area contributed by atoms with Gasteiger partial charge in [-0.05, 0) is 61.5 Å². The number of rotatable bonds is 7. The lowest BCUT2D eigenvalue weighted by Crippen LogP contribution is -2.11. The molecule has 1 heterocycles. The van der Waals surface area contributed by atoms with Gasteiger partial charge in [-0.15, -0.1) is 0 Å². The molecule has 0 radical (unpaired) electrons. The summed E-state index contributed by atoms with van der Waals surface area (Å²) in [6, 6.07) is 22.3. The lowest BCUT2D eigenvalue weighted by Gasteiger charge is -2.11. The van der Waals surface area contributed by atoms with Crippen molar-refractivity contribution in [1.82, 2.24) is 9.97 Å². The number of amides is 1. The van der Waals surface area contributed by atoms with Gasteiger partial charge in [-0.3, -0.25) is 4.79 Å². The molecular formula is C26H24N4O3. The molecule has 0 atom stereocenters. The Labute approximate surface area is 192 Å². The minimum Gasteiger partial charge on any atom is -0.493 e. The zero-order valence-corrected chi connectivity index (χ0v) is 18.6. The summed E-state index contributed by atoms with van der Waals surface area (Å²) in [5.74, 6) is 1.54. The molecule has 7 nitrogen and oxygen atoms in total. The van der Waals surface area contributed by atoms with E-state index in [2.05, 4.69) is 20.6 Å². The fraction of sp³-hybridized carbons (Fsp3) is 0.115. The summed E-state index contributed by atoms with van der Waals surface area (Å²) in [4.78, 5) is 21.4. The predicted octanol–water partition coefficient (Wildman–Crippen LogP) is 5.47. The van der Waals surface area contributed by atoms with Crippen molar-refractivity contribution in [2.45, 2.75) is 6.92 Å². The third-order valence-electron chi connectivity index (χ3n) is 5.03. The number of nitrogens with one attached hydrogen (secondary N) is 2. The van der Waals surface area contributed by atoms with E-state index in [-0.39, 0.29) is 5.91 Å². The zero-order valence-electron chi connectivity index (χ0n) is 18.6. The number of anilines is 3. The molecule has 1 aromatic heterocycles. The molecule has 166 valence electrons. The Morgan fingerprint density at radius 3 is 2.36 bits per heavy atom. The first-order valence-electron chi connectivity index (χ1n) is 10.4. The van der Waals surface area contributed by atoms with Crippen LogP contribution in [0.2, 0.25) is 0 Å². The van der Waals surface area contributed by atoms with Crippen LogP contribution in [0.5, 0.6) is 11.5 Å². The first kappa shape index (κ1) is 21.8. The van der Waals surface area contributed by atoms with Gasteiger partial charge in [-0.2, -0.15) is 0 Å². The largest absolute Gasteiger partial charge is 0.493 e. The molecule has 0 fully saturated rings. The Kier molecular flexibility index (Phi) is 6.50. The standard InChI is InChI=1S/C26H24N4O3/c1-17-7-9-18(10-8-17)25(31)28-20-5-4-6-21(16-20)29-26-27-14-13-22(30-26)19-11-12-23(32-2)24(15-19)33-3/h4-16H,1-3H3,(H,28,31)(H,27,29,30). The summed E-state index contributed by atoms with van der Waals surface area (Å²) in [7, 11) is 3.20. The molecule has 1 amide bonds. The van der Waals surface area contributed by atoms with E-state index in [0.29, 0.717) is 28.7 Å². The highest BCUT2D eigenvalue weighted by molar-refractivity contribution is 6.04. The van der Waals surface area contributed by atoms with Crippen LogP contribution in [0.1, 0.15) is 15.9 Å². The highest BCUT2D eigenvalue weighted by Gasteiger charge is 2.10. The molecule has 0 aliphatic heterocycles. The molecule has 7 heteroatoms. The van der Waals surface area contributed by atoms with Crippen LogP contribution < -0.4 is 20.1 Å². The SMILES string of the molecule is COc1ccc(-c2ccnc(Nc3cccc(NC(=O)c4ccc(C)cc4)c3)n2)cc1OC. The minimum atomic E-state index is -0.168. The van der Waals surface area contributed by atoms with Gasteiger partial charge in [0.05, 0.1) is 19.9 Å². The van der Waals surface area contributed by atoms with Crippen LogP contribution in [0.15, 0.2) is 79.0 Å². The van der Waals surface area contributed by atoms with Crippen molar-refractivity contribution in [3.63, 3.8) is 0 Å². The first-order chi connectivity index (χ1) is 16.1. The molecule has 2 N–H and O–H groups in total. The van der Waals surface area contributed by atoms with Crippen molar-refractivity contribution >= 4 is 23.2 Å². The van der Waals surface area contributed by atoms with Crippen LogP contribution in [0.4, 0.5) is 17.3 Å². The molecule has 4 rings (SSSR count). The van der Waals surface area contributed by atoms with Crippen LogP contribution in [0, 0.1) is 6.92 Å². The summed E-state index contributed by atoms with van der Waals surface area (Å²) in [6.45, 7) is 1.99. The molecule has 4 aromatic rings. The number of benzene rings is 3. The second-order valence-corrected chi connectivity index (χ2v) is 7.36. The summed E-state index contributed by atoms with van der Waals surface area (Å²) in [5.41, 5.74) is 4.73. The molecule has 0 aliphatic carbocycles. The Hall–Kier alpha value is -4.39. The molecule has 0 bridgehead atoms. The molecular weight excluding hydrogens is 416 g/mol. The summed E-state index contributed by atoms with van der Waals surface area (Å²) in [6.07, 6.45) is 1.68. The van der Waals surface area contributed by atoms with Crippen LogP contribution >= 0.6 is 0 Å². The van der Waals surface area contributed by atoms with E-state index < -0.39 is 0 Å². The normalized spacial score (nSPS) is 10.4. The van der Waals surface area contributed by atoms with E-state index in [0.717, 1.165) is 22.5 Å². The Morgan fingerprint density at radius 1 is 0.848 bits per heavy atom. The number of ether oxygens (including phenoxy) is 2. The fourth-order valence-corrected chi connectivity index (χ4v) is 3.29. The van der Waals surface area contributed by atoms with Crippen LogP contribution in [0.3, 0.4) is 0 Å². The van der Waals surface area contributed by atoms with E-state index in [1.54, 1.807) is 32.5 Å². The lowest BCUT2D eigenvalue weighted by atomic mass is 10.1. The van der Waals surface area contributed by atoms with Crippen LogP contribution in [0.25, 0.3) is 11.3 Å². The van der Waals surface area contributed by atoms with Gasteiger partial charge < -0.3 is 20.1 Å². The van der Waals surface area contributed by atoms with Gasteiger partial charge in [0.2, 0.25) is 5.95 Å². The average Bonchev–Trinajstić information content (AvgIpc) is 2.84. The number of methoxy groups -OCH3 is 2. The van der Waals surface area contributed by atoms with E-state index >= 15 is 0 Å². The van der Waals surface area contributed by atoms with Gasteiger partial charge in [-0.1, -0.05) is 23.8 Å². The van der Waals surface area contributed by atoms with Gasteiger partial charge in [-0.25, -0.2) is 9.97 Å². The van der Waals surface area contributed by atoms with Gasteiger partial charge in [0.25, 0.3) is 5.91 Å². The molecule has 3 aromatic carbocycles. The molecule has 33 heavy (non-hydrogen) atoms. The van der Waals surface area contributed by atoms with Crippen molar-refractivity contribution in [2.75, 3.05) is 24.9 Å². The number of hydrogen-bond acceptors (Lipinski definition) is 6. The highest BCUT2D eigenvalue weighted by Crippen LogP contribution is 2.32. The Bertz CT molecular complexity index is 1270. The smallest absolute Gasteiger partial charge is 0.255 e. The molecule has 0 saturated carbocycles. The van der Waals surface area contributed by atoms with E-state index in [1.165, 1.54) is 0 Å². The Balaban J connectivity index is 1.51. The van der Waals surface area contributed by atoms with Crippen molar-refractivity contribution < 1.29 is 14.3 Å². The molecule has 0 aliphatic rings. The fourth-order valence-electron chi connectivity index (χ4n) is 3.29. The Morgan fingerprint density at radius 2 is 1.61 bits per heavy atom. The maximum absolute atomic E-state index is 12.5. The van der Waals surface area contributed by atoms with Gasteiger partial charge in [0, 0.05) is 28.7 Å². The first-order valence-corrected chi connectivity index (χ1v) is 10.4. The van der Waals surface area contributed by atoms with E-state index in [9.17, 15) is 4.79 Å². The third-order valence-corrected chi connectivity index (χ3v) is 5.03. The van der Waals surface area contributed by atoms with Crippen LogP contribution in [-0.2, 0) is 0 Å². The number of aromatic nitrogens is 2. The van der Waals surface area contributed by atoms with Crippen molar-refractivity contribution in [3.8, 4) is 22.8 Å². The van der Waals surface area contributed by atoms with Crippen molar-refractivity contribution in [3.05, 3.63) is 90.1 Å². The summed E-state index contributed by atoms with van der Waals surface area (Å²) in [5, 5.41) is 6.12. The minimum absolute atomic E-state index is 0.168. The summed E-state index contributed by atoms with van der Waals surface area (Å²) >= 11 is 0. The van der Waals surface area contributed by atoms with Crippen LogP contribution in [-0.4, -0.2) is 30.1 Å². The van der Waals surface area contributed by atoms with Gasteiger partial charge in [0.15, 0.2) is 11.5 Å². The topological polar surface area (TPSA) is 85.4 Å². The van der Waals surface area contributed by atoms with Crippen molar-refractivity contribution in [1.29, 1.82) is 0 Å². The summed E-state index contributed by atoms with van der Waals surface area (Å²) < 4.78 is 10.7. The third kappa shape index (κ3) is 5.27. The average molecular weight is 441 g/mol. The number of aryl methyl sites for hydroxylation is 1. The second kappa shape index (κ2) is 9.82.